The lowest BCUT2D eigenvalue weighted by Crippen LogP contribution is -2.15. The first-order valence-corrected chi connectivity index (χ1v) is 8.88. The molecule has 0 atom stereocenters. The number of anilines is 2. The maximum Gasteiger partial charge on any atom is 0.236 e. The first-order chi connectivity index (χ1) is 12.0. The van der Waals surface area contributed by atoms with Gasteiger partial charge in [0.15, 0.2) is 0 Å². The van der Waals surface area contributed by atoms with Gasteiger partial charge in [0.05, 0.1) is 11.5 Å². The van der Waals surface area contributed by atoms with Crippen molar-refractivity contribution >= 4 is 35.3 Å². The molecule has 3 aromatic rings. The van der Waals surface area contributed by atoms with Gasteiger partial charge >= 0.3 is 0 Å². The van der Waals surface area contributed by atoms with Gasteiger partial charge in [-0.1, -0.05) is 16.8 Å². The van der Waals surface area contributed by atoms with Crippen molar-refractivity contribution in [1.82, 2.24) is 25.1 Å². The molecule has 8 nitrogen and oxygen atoms in total. The highest BCUT2D eigenvalue weighted by Gasteiger charge is 2.10. The van der Waals surface area contributed by atoms with Gasteiger partial charge in [0.25, 0.3) is 0 Å². The zero-order valence-corrected chi connectivity index (χ0v) is 15.3. The van der Waals surface area contributed by atoms with Crippen LogP contribution in [0.4, 0.5) is 11.9 Å². The van der Waals surface area contributed by atoms with Crippen LogP contribution >= 0.6 is 23.4 Å². The topological polar surface area (TPSA) is 107 Å². The molecule has 0 amide bonds. The molecule has 0 radical (unpaired) electrons. The number of hydrogen-bond donors (Lipinski definition) is 1. The lowest BCUT2D eigenvalue weighted by atomic mass is 10.2. The smallest absolute Gasteiger partial charge is 0.236 e. The summed E-state index contributed by atoms with van der Waals surface area (Å²) in [6.07, 6.45) is 0. The Bertz CT molecular complexity index is 853. The third kappa shape index (κ3) is 4.58. The molecule has 2 N–H and O–H groups in total. The summed E-state index contributed by atoms with van der Waals surface area (Å²) in [7, 11) is 3.70. The molecule has 0 aliphatic rings. The summed E-state index contributed by atoms with van der Waals surface area (Å²) in [4.78, 5) is 18.7. The second kappa shape index (κ2) is 7.66. The first-order valence-electron chi connectivity index (χ1n) is 7.35. The van der Waals surface area contributed by atoms with E-state index in [-0.39, 0.29) is 5.95 Å². The molecule has 2 heterocycles. The number of thioether (sulfide) groups is 1. The zero-order chi connectivity index (χ0) is 17.8. The van der Waals surface area contributed by atoms with E-state index in [2.05, 4.69) is 25.1 Å². The molecular weight excluding hydrogens is 362 g/mol. The number of hydrogen-bond acceptors (Lipinski definition) is 9. The molecule has 0 saturated carbocycles. The predicted molar refractivity (Wildman–Crippen MR) is 98.3 cm³/mol. The minimum absolute atomic E-state index is 0.206. The van der Waals surface area contributed by atoms with Gasteiger partial charge < -0.3 is 15.2 Å². The zero-order valence-electron chi connectivity index (χ0n) is 13.7. The van der Waals surface area contributed by atoms with Crippen molar-refractivity contribution in [1.29, 1.82) is 0 Å². The lowest BCUT2D eigenvalue weighted by molar-refractivity contribution is 0.391. The van der Waals surface area contributed by atoms with E-state index in [9.17, 15) is 0 Å². The Hall–Kier alpha value is -2.39. The predicted octanol–water partition coefficient (Wildman–Crippen LogP) is 2.66. The maximum atomic E-state index is 5.88. The number of rotatable bonds is 6. The quantitative estimate of drug-likeness (QED) is 0.693. The van der Waals surface area contributed by atoms with Crippen LogP contribution in [0, 0.1) is 0 Å². The van der Waals surface area contributed by atoms with Crippen LogP contribution in [0.3, 0.4) is 0 Å². The molecule has 130 valence electrons. The average Bonchev–Trinajstić information content (AvgIpc) is 3.04. The summed E-state index contributed by atoms with van der Waals surface area (Å²) in [5.74, 6) is 3.52. The van der Waals surface area contributed by atoms with E-state index in [1.54, 1.807) is 28.8 Å². The number of benzene rings is 1. The second-order valence-corrected chi connectivity index (χ2v) is 6.74. The van der Waals surface area contributed by atoms with Crippen molar-refractivity contribution < 1.29 is 4.52 Å². The number of aromatic nitrogens is 5. The minimum Gasteiger partial charge on any atom is -0.368 e. The second-order valence-electron chi connectivity index (χ2n) is 5.32. The van der Waals surface area contributed by atoms with Crippen LogP contribution in [0.1, 0.15) is 11.7 Å². The van der Waals surface area contributed by atoms with Crippen LogP contribution in [-0.4, -0.2) is 39.2 Å². The highest BCUT2D eigenvalue weighted by molar-refractivity contribution is 7.97. The highest BCUT2D eigenvalue weighted by atomic mass is 35.5. The fourth-order valence-corrected chi connectivity index (χ4v) is 2.78. The van der Waals surface area contributed by atoms with Gasteiger partial charge in [-0.3, -0.25) is 0 Å². The van der Waals surface area contributed by atoms with Gasteiger partial charge in [0.2, 0.25) is 23.6 Å². The maximum absolute atomic E-state index is 5.88. The Morgan fingerprint density at radius 3 is 2.56 bits per heavy atom. The largest absolute Gasteiger partial charge is 0.368 e. The van der Waals surface area contributed by atoms with Crippen molar-refractivity contribution in [3.05, 3.63) is 41.0 Å². The van der Waals surface area contributed by atoms with E-state index >= 15 is 0 Å². The Morgan fingerprint density at radius 1 is 1.08 bits per heavy atom. The Morgan fingerprint density at radius 2 is 1.84 bits per heavy atom. The summed E-state index contributed by atoms with van der Waals surface area (Å²) < 4.78 is 5.27. The van der Waals surface area contributed by atoms with Crippen molar-refractivity contribution in [3.63, 3.8) is 0 Å². The van der Waals surface area contributed by atoms with Gasteiger partial charge in [0, 0.05) is 24.7 Å². The molecule has 0 aliphatic carbocycles. The molecule has 3 rings (SSSR count). The van der Waals surface area contributed by atoms with Gasteiger partial charge in [-0.25, -0.2) is 0 Å². The molecule has 2 aromatic heterocycles. The number of nitrogens with two attached hydrogens (primary N) is 1. The Labute approximate surface area is 153 Å². The molecule has 0 aliphatic heterocycles. The monoisotopic (exact) mass is 377 g/mol. The fraction of sp³-hybridized carbons (Fsp3) is 0.267. The molecule has 0 fully saturated rings. The summed E-state index contributed by atoms with van der Waals surface area (Å²) in [6, 6.07) is 7.27. The summed E-state index contributed by atoms with van der Waals surface area (Å²) >= 11 is 7.43. The van der Waals surface area contributed by atoms with E-state index in [0.717, 1.165) is 5.56 Å². The molecule has 25 heavy (non-hydrogen) atoms. The first kappa shape index (κ1) is 17.4. The normalized spacial score (nSPS) is 10.8. The molecule has 1 aromatic carbocycles. The van der Waals surface area contributed by atoms with Gasteiger partial charge in [-0.15, -0.1) is 11.8 Å². The average molecular weight is 378 g/mol. The van der Waals surface area contributed by atoms with Crippen LogP contribution in [0.2, 0.25) is 5.02 Å². The standard InChI is InChI=1S/C15H16ClN7OS/c1-23(2)15-19-11(18-14(17)21-15)7-25-8-12-20-13(22-24-12)9-3-5-10(16)6-4-9/h3-6H,7-8H2,1-2H3,(H2,17,18,19,21). The third-order valence-electron chi connectivity index (χ3n) is 3.11. The molecule has 0 bridgehead atoms. The molecular formula is C15H16ClN7OS. The van der Waals surface area contributed by atoms with E-state index in [1.807, 2.05) is 26.2 Å². The summed E-state index contributed by atoms with van der Waals surface area (Å²) in [5, 5.41) is 4.65. The number of nitrogens with zero attached hydrogens (tertiary/aromatic N) is 6. The van der Waals surface area contributed by atoms with E-state index < -0.39 is 0 Å². The van der Waals surface area contributed by atoms with Gasteiger partial charge in [-0.05, 0) is 24.3 Å². The van der Waals surface area contributed by atoms with Gasteiger partial charge in [0.1, 0.15) is 5.82 Å². The van der Waals surface area contributed by atoms with Crippen LogP contribution in [0.25, 0.3) is 11.4 Å². The van der Waals surface area contributed by atoms with Crippen LogP contribution in [0.5, 0.6) is 0 Å². The fourth-order valence-electron chi connectivity index (χ4n) is 1.95. The van der Waals surface area contributed by atoms with E-state index in [4.69, 9.17) is 21.9 Å². The number of halogens is 1. The Kier molecular flexibility index (Phi) is 5.34. The molecule has 10 heteroatoms. The molecule has 0 unspecified atom stereocenters. The third-order valence-corrected chi connectivity index (χ3v) is 4.28. The summed E-state index contributed by atoms with van der Waals surface area (Å²) in [5.41, 5.74) is 6.56. The minimum atomic E-state index is 0.206. The van der Waals surface area contributed by atoms with Crippen molar-refractivity contribution in [2.24, 2.45) is 0 Å². The lowest BCUT2D eigenvalue weighted by Gasteiger charge is -2.10. The van der Waals surface area contributed by atoms with Crippen molar-refractivity contribution in [2.75, 3.05) is 24.7 Å². The number of nitrogen functional groups attached to an aromatic ring is 1. The molecule has 0 saturated heterocycles. The van der Waals surface area contributed by atoms with Crippen LogP contribution in [0.15, 0.2) is 28.8 Å². The van der Waals surface area contributed by atoms with E-state index in [0.29, 0.717) is 40.0 Å². The Balaban J connectivity index is 1.60. The van der Waals surface area contributed by atoms with Crippen molar-refractivity contribution in [3.8, 4) is 11.4 Å². The highest BCUT2D eigenvalue weighted by Crippen LogP contribution is 2.21. The summed E-state index contributed by atoms with van der Waals surface area (Å²) in [6.45, 7) is 0. The van der Waals surface area contributed by atoms with E-state index in [1.165, 1.54) is 0 Å². The van der Waals surface area contributed by atoms with Crippen molar-refractivity contribution in [2.45, 2.75) is 11.5 Å². The molecule has 0 spiro atoms. The van der Waals surface area contributed by atoms with Gasteiger partial charge in [-0.2, -0.15) is 19.9 Å². The van der Waals surface area contributed by atoms with Crippen LogP contribution in [-0.2, 0) is 11.5 Å². The van der Waals surface area contributed by atoms with Crippen LogP contribution < -0.4 is 10.6 Å². The SMILES string of the molecule is CN(C)c1nc(N)nc(CSCc2nc(-c3ccc(Cl)cc3)no2)n1.